The summed E-state index contributed by atoms with van der Waals surface area (Å²) in [6, 6.07) is 9.51. The highest BCUT2D eigenvalue weighted by Crippen LogP contribution is 2.15. The van der Waals surface area contributed by atoms with Crippen molar-refractivity contribution in [3.8, 4) is 5.75 Å². The largest absolute Gasteiger partial charge is 0.491 e. The molecule has 1 aliphatic rings. The number of piperazine rings is 1. The van der Waals surface area contributed by atoms with Crippen LogP contribution in [-0.2, 0) is 22.3 Å². The van der Waals surface area contributed by atoms with E-state index in [1.807, 2.05) is 45.0 Å². The van der Waals surface area contributed by atoms with Crippen LogP contribution in [-0.4, -0.2) is 67.6 Å². The van der Waals surface area contributed by atoms with E-state index in [2.05, 4.69) is 15.4 Å². The number of hydrogen-bond acceptors (Lipinski definition) is 6. The quantitative estimate of drug-likeness (QED) is 0.293. The van der Waals surface area contributed by atoms with Crippen LogP contribution in [0, 0.1) is 0 Å². The minimum atomic E-state index is -3.42. The van der Waals surface area contributed by atoms with E-state index in [0.29, 0.717) is 38.4 Å². The van der Waals surface area contributed by atoms with Gasteiger partial charge in [-0.15, -0.1) is 24.0 Å². The van der Waals surface area contributed by atoms with Crippen LogP contribution in [0.25, 0.3) is 0 Å². The van der Waals surface area contributed by atoms with Gasteiger partial charge in [-0.25, -0.2) is 13.4 Å². The minimum absolute atomic E-state index is 0. The summed E-state index contributed by atoms with van der Waals surface area (Å²) >= 11 is 0. The Balaban J connectivity index is 0.00000363. The zero-order chi connectivity index (χ0) is 22.3. The molecule has 1 fully saturated rings. The summed E-state index contributed by atoms with van der Waals surface area (Å²) in [6.07, 6.45) is 1.52. The maximum Gasteiger partial charge on any atom is 0.220 e. The Bertz CT molecular complexity index is 941. The lowest BCUT2D eigenvalue weighted by molar-refractivity contribution is 0.242. The van der Waals surface area contributed by atoms with E-state index in [9.17, 15) is 8.42 Å². The molecule has 11 heteroatoms. The van der Waals surface area contributed by atoms with Crippen LogP contribution < -0.4 is 10.1 Å². The maximum atomic E-state index is 12.6. The number of aromatic nitrogens is 1. The van der Waals surface area contributed by atoms with Gasteiger partial charge in [-0.05, 0) is 38.5 Å². The van der Waals surface area contributed by atoms with E-state index in [0.717, 1.165) is 23.8 Å². The van der Waals surface area contributed by atoms with Crippen molar-refractivity contribution < 1.29 is 17.7 Å². The molecule has 0 bridgehead atoms. The molecule has 1 aliphatic heterocycles. The van der Waals surface area contributed by atoms with E-state index in [1.54, 1.807) is 6.07 Å². The molecule has 1 N–H and O–H groups in total. The summed E-state index contributed by atoms with van der Waals surface area (Å²) in [4.78, 5) is 6.85. The second-order valence-corrected chi connectivity index (χ2v) is 9.58. The number of rotatable bonds is 8. The number of aliphatic imine (C=N–C) groups is 1. The zero-order valence-corrected chi connectivity index (χ0v) is 21.9. The SMILES string of the molecule is CCNC(=NCc1ccc(OC(C)C)cc1)N1CCN(S(=O)(=O)Cc2ccon2)CC1.I. The van der Waals surface area contributed by atoms with Crippen LogP contribution in [0.5, 0.6) is 5.75 Å². The molecule has 178 valence electrons. The first-order valence-corrected chi connectivity index (χ1v) is 12.1. The Morgan fingerprint density at radius 1 is 1.19 bits per heavy atom. The monoisotopic (exact) mass is 577 g/mol. The second-order valence-electron chi connectivity index (χ2n) is 7.61. The molecule has 1 saturated heterocycles. The van der Waals surface area contributed by atoms with Crippen LogP contribution in [0.4, 0.5) is 0 Å². The first-order valence-electron chi connectivity index (χ1n) is 10.5. The van der Waals surface area contributed by atoms with E-state index in [1.165, 1.54) is 10.6 Å². The van der Waals surface area contributed by atoms with Gasteiger partial charge in [0.2, 0.25) is 10.0 Å². The van der Waals surface area contributed by atoms with Crippen LogP contribution in [0.2, 0.25) is 0 Å². The summed E-state index contributed by atoms with van der Waals surface area (Å²) in [5.41, 5.74) is 1.50. The molecular weight excluding hydrogens is 545 g/mol. The summed E-state index contributed by atoms with van der Waals surface area (Å²) in [6.45, 7) is 9.26. The molecule has 0 atom stereocenters. The third-order valence-corrected chi connectivity index (χ3v) is 6.61. The zero-order valence-electron chi connectivity index (χ0n) is 18.7. The van der Waals surface area contributed by atoms with Crippen molar-refractivity contribution >= 4 is 40.0 Å². The molecule has 0 saturated carbocycles. The van der Waals surface area contributed by atoms with E-state index >= 15 is 0 Å². The summed E-state index contributed by atoms with van der Waals surface area (Å²) < 4.78 is 37.2. The van der Waals surface area contributed by atoms with Gasteiger partial charge in [0.05, 0.1) is 18.3 Å². The first kappa shape index (κ1) is 26.4. The highest BCUT2D eigenvalue weighted by atomic mass is 127. The molecule has 2 aromatic rings. The van der Waals surface area contributed by atoms with Crippen LogP contribution >= 0.6 is 24.0 Å². The fourth-order valence-corrected chi connectivity index (χ4v) is 4.73. The normalized spacial score (nSPS) is 15.5. The van der Waals surface area contributed by atoms with Crippen molar-refractivity contribution in [2.24, 2.45) is 4.99 Å². The molecule has 0 amide bonds. The number of benzene rings is 1. The predicted molar refractivity (Wildman–Crippen MR) is 135 cm³/mol. The molecule has 0 aliphatic carbocycles. The van der Waals surface area contributed by atoms with Crippen LogP contribution in [0.15, 0.2) is 46.1 Å². The van der Waals surface area contributed by atoms with Gasteiger partial charge >= 0.3 is 0 Å². The third-order valence-electron chi connectivity index (χ3n) is 4.79. The molecule has 1 aromatic heterocycles. The van der Waals surface area contributed by atoms with Gasteiger partial charge in [0.15, 0.2) is 5.96 Å². The van der Waals surface area contributed by atoms with Crippen molar-refractivity contribution in [1.82, 2.24) is 19.7 Å². The number of halogens is 1. The Morgan fingerprint density at radius 3 is 2.44 bits per heavy atom. The molecule has 32 heavy (non-hydrogen) atoms. The standard InChI is InChI=1S/C21H31N5O4S.HI/c1-4-22-21(23-15-18-5-7-20(8-6-18)30-17(2)3)25-10-12-26(13-11-25)31(27,28)16-19-9-14-29-24-19;/h5-9,14,17H,4,10-13,15-16H2,1-3H3,(H,22,23);1H. The molecule has 0 spiro atoms. The number of sulfonamides is 1. The van der Waals surface area contributed by atoms with E-state index in [4.69, 9.17) is 14.3 Å². The maximum absolute atomic E-state index is 12.6. The van der Waals surface area contributed by atoms with E-state index < -0.39 is 10.0 Å². The Hall–Kier alpha value is -1.86. The number of hydrogen-bond donors (Lipinski definition) is 1. The molecule has 0 unspecified atom stereocenters. The first-order chi connectivity index (χ1) is 14.9. The average Bonchev–Trinajstić information content (AvgIpc) is 3.24. The van der Waals surface area contributed by atoms with Crippen LogP contribution in [0.3, 0.4) is 0 Å². The molecule has 3 rings (SSSR count). The molecule has 0 radical (unpaired) electrons. The molecule has 1 aromatic carbocycles. The van der Waals surface area contributed by atoms with Gasteiger partial charge < -0.3 is 19.5 Å². The van der Waals surface area contributed by atoms with Crippen molar-refractivity contribution in [2.45, 2.75) is 39.2 Å². The van der Waals surface area contributed by atoms with Gasteiger partial charge in [0.25, 0.3) is 0 Å². The minimum Gasteiger partial charge on any atom is -0.491 e. The highest BCUT2D eigenvalue weighted by Gasteiger charge is 2.29. The van der Waals surface area contributed by atoms with E-state index in [-0.39, 0.29) is 35.8 Å². The van der Waals surface area contributed by atoms with Crippen LogP contribution in [0.1, 0.15) is 32.0 Å². The van der Waals surface area contributed by atoms with Gasteiger partial charge in [-0.3, -0.25) is 0 Å². The summed E-state index contributed by atoms with van der Waals surface area (Å²) in [7, 11) is -3.42. The molecule has 2 heterocycles. The lowest BCUT2D eigenvalue weighted by atomic mass is 10.2. The second kappa shape index (κ2) is 12.4. The van der Waals surface area contributed by atoms with Crippen molar-refractivity contribution in [3.05, 3.63) is 47.9 Å². The summed E-state index contributed by atoms with van der Waals surface area (Å²) in [5.74, 6) is 1.49. The predicted octanol–water partition coefficient (Wildman–Crippen LogP) is 2.69. The van der Waals surface area contributed by atoms with Gasteiger partial charge in [0, 0.05) is 38.8 Å². The van der Waals surface area contributed by atoms with Gasteiger partial charge in [-0.1, -0.05) is 17.3 Å². The Kier molecular flexibility index (Phi) is 10.2. The number of ether oxygens (including phenoxy) is 1. The Labute approximate surface area is 207 Å². The Morgan fingerprint density at radius 2 is 1.88 bits per heavy atom. The fourth-order valence-electron chi connectivity index (χ4n) is 3.31. The number of nitrogens with one attached hydrogen (secondary N) is 1. The lowest BCUT2D eigenvalue weighted by Gasteiger charge is -2.35. The van der Waals surface area contributed by atoms with Crippen molar-refractivity contribution in [2.75, 3.05) is 32.7 Å². The lowest BCUT2D eigenvalue weighted by Crippen LogP contribution is -2.53. The topological polar surface area (TPSA) is 100 Å². The highest BCUT2D eigenvalue weighted by molar-refractivity contribution is 14.0. The van der Waals surface area contributed by atoms with Gasteiger partial charge in [0.1, 0.15) is 17.8 Å². The van der Waals surface area contributed by atoms with Gasteiger partial charge in [-0.2, -0.15) is 4.31 Å². The smallest absolute Gasteiger partial charge is 0.220 e. The summed E-state index contributed by atoms with van der Waals surface area (Å²) in [5, 5.41) is 7.02. The number of guanidine groups is 1. The fraction of sp³-hybridized carbons (Fsp3) is 0.524. The molecule has 9 nitrogen and oxygen atoms in total. The van der Waals surface area contributed by atoms with Crippen molar-refractivity contribution in [1.29, 1.82) is 0 Å². The molecular formula is C21H32IN5O4S. The van der Waals surface area contributed by atoms with Crippen molar-refractivity contribution in [3.63, 3.8) is 0 Å². The average molecular weight is 577 g/mol. The number of nitrogens with zero attached hydrogens (tertiary/aromatic N) is 4. The third kappa shape index (κ3) is 7.62.